The average molecular weight is 262 g/mol. The van der Waals surface area contributed by atoms with E-state index >= 15 is 0 Å². The minimum Gasteiger partial charge on any atom is -0.346 e. The summed E-state index contributed by atoms with van der Waals surface area (Å²) >= 11 is 5.64. The molecule has 0 fully saturated rings. The number of alkyl halides is 2. The Morgan fingerprint density at radius 3 is 2.29 bits per heavy atom. The van der Waals surface area contributed by atoms with Crippen LogP contribution >= 0.6 is 11.6 Å². The summed E-state index contributed by atoms with van der Waals surface area (Å²) in [6, 6.07) is 6.33. The third-order valence-corrected chi connectivity index (χ3v) is 2.35. The fourth-order valence-electron chi connectivity index (χ4n) is 1.06. The van der Waals surface area contributed by atoms with Gasteiger partial charge in [-0.15, -0.1) is 0 Å². The number of carbonyl (C=O) groups is 2. The van der Waals surface area contributed by atoms with E-state index in [0.29, 0.717) is 17.5 Å². The molecule has 0 aliphatic rings. The molecule has 1 amide bonds. The highest BCUT2D eigenvalue weighted by atomic mass is 35.5. The van der Waals surface area contributed by atoms with Crippen molar-refractivity contribution in [1.82, 2.24) is 5.32 Å². The van der Waals surface area contributed by atoms with Gasteiger partial charge in [0.2, 0.25) is 5.78 Å². The summed E-state index contributed by atoms with van der Waals surface area (Å²) in [5, 5.41) is 2.50. The topological polar surface area (TPSA) is 46.2 Å². The Morgan fingerprint density at radius 1 is 1.29 bits per heavy atom. The Kier molecular flexibility index (Phi) is 4.17. The van der Waals surface area contributed by atoms with Gasteiger partial charge in [-0.3, -0.25) is 9.59 Å². The molecule has 0 saturated heterocycles. The highest BCUT2D eigenvalue weighted by Gasteiger charge is 2.43. The van der Waals surface area contributed by atoms with E-state index < -0.39 is 17.6 Å². The second kappa shape index (κ2) is 5.23. The third-order valence-electron chi connectivity index (χ3n) is 2.09. The van der Waals surface area contributed by atoms with Gasteiger partial charge in [-0.2, -0.15) is 8.78 Å². The van der Waals surface area contributed by atoms with Crippen molar-refractivity contribution < 1.29 is 18.4 Å². The lowest BCUT2D eigenvalue weighted by molar-refractivity contribution is -0.157. The van der Waals surface area contributed by atoms with Crippen molar-refractivity contribution in [2.45, 2.75) is 19.4 Å². The van der Waals surface area contributed by atoms with Gasteiger partial charge in [-0.25, -0.2) is 0 Å². The average Bonchev–Trinajstić information content (AvgIpc) is 2.27. The van der Waals surface area contributed by atoms with Crippen LogP contribution in [0.15, 0.2) is 24.3 Å². The molecule has 1 N–H and O–H groups in total. The highest BCUT2D eigenvalue weighted by Crippen LogP contribution is 2.15. The molecule has 1 aromatic rings. The Balaban J connectivity index is 2.60. The molecule has 92 valence electrons. The lowest BCUT2D eigenvalue weighted by Crippen LogP contribution is -2.44. The quantitative estimate of drug-likeness (QED) is 0.845. The second-order valence-electron chi connectivity index (χ2n) is 3.44. The molecule has 0 unspecified atom stereocenters. The molecule has 17 heavy (non-hydrogen) atoms. The van der Waals surface area contributed by atoms with E-state index in [2.05, 4.69) is 0 Å². The maximum Gasteiger partial charge on any atom is 0.381 e. The van der Waals surface area contributed by atoms with Crippen LogP contribution in [0.5, 0.6) is 0 Å². The van der Waals surface area contributed by atoms with Crippen molar-refractivity contribution in [2.75, 3.05) is 0 Å². The molecule has 0 heterocycles. The molecule has 0 aliphatic carbocycles. The number of rotatable bonds is 4. The van der Waals surface area contributed by atoms with Gasteiger partial charge in [-0.1, -0.05) is 23.7 Å². The summed E-state index contributed by atoms with van der Waals surface area (Å²) in [6.07, 6.45) is 0. The molecular weight excluding hydrogens is 252 g/mol. The van der Waals surface area contributed by atoms with Crippen molar-refractivity contribution in [3.8, 4) is 0 Å². The molecule has 0 atom stereocenters. The summed E-state index contributed by atoms with van der Waals surface area (Å²) < 4.78 is 25.8. The lowest BCUT2D eigenvalue weighted by atomic mass is 10.2. The van der Waals surface area contributed by atoms with E-state index in [1.807, 2.05) is 5.32 Å². The van der Waals surface area contributed by atoms with Crippen LogP contribution in [-0.2, 0) is 16.1 Å². The van der Waals surface area contributed by atoms with Gasteiger partial charge >= 0.3 is 5.92 Å². The number of Topliss-reactive ketones (excluding diaryl/α,β-unsaturated/α-hetero) is 1. The van der Waals surface area contributed by atoms with Crippen LogP contribution in [0.2, 0.25) is 5.02 Å². The van der Waals surface area contributed by atoms with Gasteiger partial charge in [0.15, 0.2) is 0 Å². The second-order valence-corrected chi connectivity index (χ2v) is 3.88. The first-order valence-electron chi connectivity index (χ1n) is 4.75. The predicted molar refractivity (Wildman–Crippen MR) is 58.9 cm³/mol. The summed E-state index contributed by atoms with van der Waals surface area (Å²) in [7, 11) is 0. The first-order chi connectivity index (χ1) is 7.84. The molecule has 0 bridgehead atoms. The number of hydrogen-bond acceptors (Lipinski definition) is 2. The lowest BCUT2D eigenvalue weighted by Gasteiger charge is -2.12. The van der Waals surface area contributed by atoms with Gasteiger partial charge in [-0.05, 0) is 17.7 Å². The largest absolute Gasteiger partial charge is 0.381 e. The summed E-state index contributed by atoms with van der Waals surface area (Å²) in [5.41, 5.74) is 0.613. The maximum atomic E-state index is 12.9. The van der Waals surface area contributed by atoms with Crippen LogP contribution in [0.4, 0.5) is 8.78 Å². The molecule has 6 heteroatoms. The maximum absolute atomic E-state index is 12.9. The SMILES string of the molecule is CC(=O)C(F)(F)C(=O)NCc1ccc(Cl)cc1. The Bertz CT molecular complexity index is 432. The zero-order valence-corrected chi connectivity index (χ0v) is 9.72. The van der Waals surface area contributed by atoms with Crippen LogP contribution < -0.4 is 5.32 Å². The van der Waals surface area contributed by atoms with Crippen LogP contribution in [0.3, 0.4) is 0 Å². The number of nitrogens with one attached hydrogen (secondary N) is 1. The fraction of sp³-hybridized carbons (Fsp3) is 0.273. The molecular formula is C11H10ClF2NO2. The van der Waals surface area contributed by atoms with Gasteiger partial charge in [0.25, 0.3) is 5.91 Å². The van der Waals surface area contributed by atoms with Crippen LogP contribution in [0.25, 0.3) is 0 Å². The first-order valence-corrected chi connectivity index (χ1v) is 5.13. The van der Waals surface area contributed by atoms with Crippen molar-refractivity contribution in [3.05, 3.63) is 34.9 Å². The number of halogens is 3. The van der Waals surface area contributed by atoms with Crippen LogP contribution in [0, 0.1) is 0 Å². The van der Waals surface area contributed by atoms with Gasteiger partial charge in [0, 0.05) is 18.5 Å². The van der Waals surface area contributed by atoms with E-state index in [1.54, 1.807) is 24.3 Å². The number of benzene rings is 1. The van der Waals surface area contributed by atoms with E-state index in [1.165, 1.54) is 0 Å². The molecule has 0 radical (unpaired) electrons. The van der Waals surface area contributed by atoms with Crippen molar-refractivity contribution in [2.24, 2.45) is 0 Å². The zero-order valence-electron chi connectivity index (χ0n) is 8.97. The normalized spacial score (nSPS) is 11.1. The zero-order chi connectivity index (χ0) is 13.1. The van der Waals surface area contributed by atoms with E-state index in [0.717, 1.165) is 0 Å². The molecule has 0 aromatic heterocycles. The Hall–Kier alpha value is -1.49. The number of amides is 1. The van der Waals surface area contributed by atoms with E-state index in [4.69, 9.17) is 11.6 Å². The molecule has 1 aromatic carbocycles. The Labute approximate surface area is 102 Å². The molecule has 1 rings (SSSR count). The number of hydrogen-bond donors (Lipinski definition) is 1. The molecule has 0 spiro atoms. The highest BCUT2D eigenvalue weighted by molar-refractivity contribution is 6.30. The minimum absolute atomic E-state index is 0.0845. The van der Waals surface area contributed by atoms with Crippen molar-refractivity contribution >= 4 is 23.3 Å². The van der Waals surface area contributed by atoms with E-state index in [-0.39, 0.29) is 6.54 Å². The number of carbonyl (C=O) groups excluding carboxylic acids is 2. The van der Waals surface area contributed by atoms with Gasteiger partial charge in [0.1, 0.15) is 0 Å². The summed E-state index contributed by atoms with van der Waals surface area (Å²) in [6.45, 7) is 0.584. The fourth-order valence-corrected chi connectivity index (χ4v) is 1.18. The van der Waals surface area contributed by atoms with E-state index in [9.17, 15) is 18.4 Å². The van der Waals surface area contributed by atoms with Crippen molar-refractivity contribution in [3.63, 3.8) is 0 Å². The number of ketones is 1. The molecule has 0 saturated carbocycles. The molecule has 3 nitrogen and oxygen atoms in total. The van der Waals surface area contributed by atoms with Gasteiger partial charge < -0.3 is 5.32 Å². The Morgan fingerprint density at radius 2 is 1.82 bits per heavy atom. The summed E-state index contributed by atoms with van der Waals surface area (Å²) in [5.74, 6) is -7.06. The standard InChI is InChI=1S/C11H10ClF2NO2/c1-7(16)11(13,14)10(17)15-6-8-2-4-9(12)5-3-8/h2-5H,6H2,1H3,(H,15,17). The first kappa shape index (κ1) is 13.6. The third kappa shape index (κ3) is 3.49. The van der Waals surface area contributed by atoms with Crippen LogP contribution in [0.1, 0.15) is 12.5 Å². The van der Waals surface area contributed by atoms with Crippen LogP contribution in [-0.4, -0.2) is 17.6 Å². The smallest absolute Gasteiger partial charge is 0.346 e. The molecule has 0 aliphatic heterocycles. The predicted octanol–water partition coefficient (Wildman–Crippen LogP) is 2.18. The monoisotopic (exact) mass is 261 g/mol. The van der Waals surface area contributed by atoms with Gasteiger partial charge in [0.05, 0.1) is 0 Å². The summed E-state index contributed by atoms with van der Waals surface area (Å²) in [4.78, 5) is 21.6. The minimum atomic E-state index is -3.98. The van der Waals surface area contributed by atoms with Crippen molar-refractivity contribution in [1.29, 1.82) is 0 Å².